The molecule has 104 valence electrons. The fourth-order valence-electron chi connectivity index (χ4n) is 1.77. The Morgan fingerprint density at radius 1 is 1.11 bits per heavy atom. The van der Waals surface area contributed by atoms with Crippen molar-refractivity contribution in [3.63, 3.8) is 0 Å². The van der Waals surface area contributed by atoms with Gasteiger partial charge < -0.3 is 4.74 Å². The van der Waals surface area contributed by atoms with E-state index in [1.165, 1.54) is 39.0 Å². The predicted molar refractivity (Wildman–Crippen MR) is 76.5 cm³/mol. The molecule has 0 bridgehead atoms. The van der Waals surface area contributed by atoms with Crippen LogP contribution in [0.4, 0.5) is 0 Å². The van der Waals surface area contributed by atoms with E-state index in [0.717, 1.165) is 18.4 Å². The van der Waals surface area contributed by atoms with E-state index < -0.39 is 0 Å². The second-order valence-electron chi connectivity index (χ2n) is 5.02. The highest BCUT2D eigenvalue weighted by atomic mass is 16.5. The molecular formula is C16H28O2. The molecule has 0 N–H and O–H groups in total. The van der Waals surface area contributed by atoms with Gasteiger partial charge in [-0.25, -0.2) is 0 Å². The van der Waals surface area contributed by atoms with E-state index in [4.69, 9.17) is 4.74 Å². The summed E-state index contributed by atoms with van der Waals surface area (Å²) < 4.78 is 5.26. The van der Waals surface area contributed by atoms with Crippen LogP contribution < -0.4 is 0 Å². The maximum atomic E-state index is 11.0. The molecule has 0 aliphatic carbocycles. The second kappa shape index (κ2) is 11.1. The molecule has 0 aromatic heterocycles. The number of esters is 1. The first kappa shape index (κ1) is 17.0. The Morgan fingerprint density at radius 3 is 2.28 bits per heavy atom. The molecule has 1 atom stereocenters. The average Bonchev–Trinajstić information content (AvgIpc) is 2.29. The molecular weight excluding hydrogens is 224 g/mol. The number of ether oxygens (including phenoxy) is 1. The van der Waals surface area contributed by atoms with Crippen molar-refractivity contribution in [2.75, 3.05) is 0 Å². The van der Waals surface area contributed by atoms with Gasteiger partial charge in [0.25, 0.3) is 0 Å². The fraction of sp³-hybridized carbons (Fsp3) is 0.750. The van der Waals surface area contributed by atoms with Gasteiger partial charge in [0.1, 0.15) is 6.10 Å². The zero-order valence-corrected chi connectivity index (χ0v) is 12.4. The van der Waals surface area contributed by atoms with Crippen LogP contribution in [0.25, 0.3) is 0 Å². The number of unbranched alkanes of at least 4 members (excludes halogenated alkanes) is 5. The fourth-order valence-corrected chi connectivity index (χ4v) is 1.77. The molecule has 0 heterocycles. The summed E-state index contributed by atoms with van der Waals surface area (Å²) in [5, 5.41) is 0. The van der Waals surface area contributed by atoms with Crippen molar-refractivity contribution in [2.24, 2.45) is 0 Å². The number of hydrogen-bond donors (Lipinski definition) is 0. The monoisotopic (exact) mass is 252 g/mol. The van der Waals surface area contributed by atoms with Gasteiger partial charge in [0, 0.05) is 6.92 Å². The van der Waals surface area contributed by atoms with Gasteiger partial charge in [-0.2, -0.15) is 0 Å². The summed E-state index contributed by atoms with van der Waals surface area (Å²) in [4.78, 5) is 11.0. The molecule has 0 spiro atoms. The van der Waals surface area contributed by atoms with Gasteiger partial charge in [0.05, 0.1) is 0 Å². The molecule has 0 saturated carbocycles. The van der Waals surface area contributed by atoms with Crippen LogP contribution in [-0.4, -0.2) is 12.1 Å². The Hall–Kier alpha value is -1.01. The van der Waals surface area contributed by atoms with Crippen LogP contribution in [-0.2, 0) is 9.53 Å². The van der Waals surface area contributed by atoms with Gasteiger partial charge in [-0.1, -0.05) is 39.0 Å². The SMILES string of the molecule is CCCCCCCC[C@@H](C=C=C(C)C)OC(C)=O. The van der Waals surface area contributed by atoms with Crippen molar-refractivity contribution in [1.29, 1.82) is 0 Å². The number of carbonyl (C=O) groups is 1. The lowest BCUT2D eigenvalue weighted by Crippen LogP contribution is -2.13. The van der Waals surface area contributed by atoms with Crippen LogP contribution in [0.15, 0.2) is 17.4 Å². The Balaban J connectivity index is 3.95. The zero-order valence-electron chi connectivity index (χ0n) is 12.4. The molecule has 2 heteroatoms. The van der Waals surface area contributed by atoms with E-state index in [1.54, 1.807) is 0 Å². The molecule has 0 rings (SSSR count). The van der Waals surface area contributed by atoms with E-state index in [-0.39, 0.29) is 12.1 Å². The van der Waals surface area contributed by atoms with Crippen molar-refractivity contribution in [1.82, 2.24) is 0 Å². The number of carbonyl (C=O) groups excluding carboxylic acids is 1. The number of rotatable bonds is 9. The molecule has 0 saturated heterocycles. The third kappa shape index (κ3) is 11.5. The first-order chi connectivity index (χ1) is 8.56. The van der Waals surface area contributed by atoms with Crippen molar-refractivity contribution < 1.29 is 9.53 Å². The van der Waals surface area contributed by atoms with E-state index in [9.17, 15) is 4.79 Å². The summed E-state index contributed by atoms with van der Waals surface area (Å²) in [5.41, 5.74) is 4.23. The first-order valence-electron chi connectivity index (χ1n) is 7.13. The third-order valence-electron chi connectivity index (χ3n) is 2.72. The standard InChI is InChI=1S/C16H28O2/c1-5-6-7-8-9-10-11-16(18-15(4)17)13-12-14(2)3/h13,16H,5-11H2,1-4H3/t16-/m0/s1. The molecule has 0 aromatic rings. The third-order valence-corrected chi connectivity index (χ3v) is 2.72. The topological polar surface area (TPSA) is 26.3 Å². The first-order valence-corrected chi connectivity index (χ1v) is 7.13. The highest BCUT2D eigenvalue weighted by Crippen LogP contribution is 2.11. The minimum atomic E-state index is -0.210. The van der Waals surface area contributed by atoms with Gasteiger partial charge in [-0.3, -0.25) is 4.79 Å². The Labute approximate surface area is 112 Å². The summed E-state index contributed by atoms with van der Waals surface area (Å²) in [7, 11) is 0. The van der Waals surface area contributed by atoms with Crippen LogP contribution in [0.3, 0.4) is 0 Å². The van der Waals surface area contributed by atoms with Crippen LogP contribution in [0.5, 0.6) is 0 Å². The van der Waals surface area contributed by atoms with Crippen molar-refractivity contribution in [3.8, 4) is 0 Å². The molecule has 0 aliphatic rings. The molecule has 0 aliphatic heterocycles. The summed E-state index contributed by atoms with van der Waals surface area (Å²) in [5.74, 6) is -0.210. The van der Waals surface area contributed by atoms with E-state index in [0.29, 0.717) is 0 Å². The molecule has 0 aromatic carbocycles. The maximum Gasteiger partial charge on any atom is 0.303 e. The summed E-state index contributed by atoms with van der Waals surface area (Å²) in [6.45, 7) is 7.67. The van der Waals surface area contributed by atoms with Gasteiger partial charge in [-0.05, 0) is 38.3 Å². The normalized spacial score (nSPS) is 11.6. The second-order valence-corrected chi connectivity index (χ2v) is 5.02. The Morgan fingerprint density at radius 2 is 1.72 bits per heavy atom. The smallest absolute Gasteiger partial charge is 0.303 e. The van der Waals surface area contributed by atoms with E-state index >= 15 is 0 Å². The maximum absolute atomic E-state index is 11.0. The van der Waals surface area contributed by atoms with Crippen LogP contribution in [0.2, 0.25) is 0 Å². The zero-order chi connectivity index (χ0) is 13.8. The lowest BCUT2D eigenvalue weighted by atomic mass is 10.1. The van der Waals surface area contributed by atoms with Crippen LogP contribution >= 0.6 is 0 Å². The summed E-state index contributed by atoms with van der Waals surface area (Å²) >= 11 is 0. The average molecular weight is 252 g/mol. The van der Waals surface area contributed by atoms with Crippen molar-refractivity contribution in [2.45, 2.75) is 78.7 Å². The lowest BCUT2D eigenvalue weighted by molar-refractivity contribution is -0.144. The van der Waals surface area contributed by atoms with Crippen LogP contribution in [0, 0.1) is 0 Å². The molecule has 18 heavy (non-hydrogen) atoms. The molecule has 0 fully saturated rings. The van der Waals surface area contributed by atoms with Gasteiger partial charge >= 0.3 is 5.97 Å². The highest BCUT2D eigenvalue weighted by Gasteiger charge is 2.07. The van der Waals surface area contributed by atoms with Crippen LogP contribution in [0.1, 0.15) is 72.6 Å². The van der Waals surface area contributed by atoms with E-state index in [1.807, 2.05) is 19.9 Å². The summed E-state index contributed by atoms with van der Waals surface area (Å²) in [6, 6.07) is 0. The van der Waals surface area contributed by atoms with Crippen molar-refractivity contribution >= 4 is 5.97 Å². The van der Waals surface area contributed by atoms with Gasteiger partial charge in [0.2, 0.25) is 0 Å². The molecule has 0 radical (unpaired) electrons. The molecule has 0 amide bonds. The predicted octanol–water partition coefficient (Wildman–Crippen LogP) is 4.79. The number of hydrogen-bond acceptors (Lipinski definition) is 2. The largest absolute Gasteiger partial charge is 0.458 e. The van der Waals surface area contributed by atoms with Crippen molar-refractivity contribution in [3.05, 3.63) is 17.4 Å². The minimum absolute atomic E-state index is 0.108. The molecule has 0 unspecified atom stereocenters. The summed E-state index contributed by atoms with van der Waals surface area (Å²) in [6.07, 6.45) is 10.2. The lowest BCUT2D eigenvalue weighted by Gasteiger charge is -2.12. The Kier molecular flexibility index (Phi) is 10.5. The molecule has 2 nitrogen and oxygen atoms in total. The Bertz CT molecular complexity index is 281. The highest BCUT2D eigenvalue weighted by molar-refractivity contribution is 5.66. The van der Waals surface area contributed by atoms with Gasteiger partial charge in [-0.15, -0.1) is 5.73 Å². The van der Waals surface area contributed by atoms with E-state index in [2.05, 4.69) is 12.7 Å². The van der Waals surface area contributed by atoms with Gasteiger partial charge in [0.15, 0.2) is 0 Å². The quantitative estimate of drug-likeness (QED) is 0.335. The minimum Gasteiger partial charge on any atom is -0.458 e.